The summed E-state index contributed by atoms with van der Waals surface area (Å²) in [4.78, 5) is 0. The second kappa shape index (κ2) is 5.38. The molecule has 0 saturated carbocycles. The van der Waals surface area contributed by atoms with Crippen LogP contribution in [0.2, 0.25) is 5.02 Å². The summed E-state index contributed by atoms with van der Waals surface area (Å²) in [7, 11) is -3.79. The van der Waals surface area contributed by atoms with E-state index >= 15 is 0 Å². The number of rotatable bonds is 4. The average molecular weight is 303 g/mol. The number of halogens is 1. The van der Waals surface area contributed by atoms with E-state index in [9.17, 15) is 8.42 Å². The maximum atomic E-state index is 11.2. The zero-order valence-electron chi connectivity index (χ0n) is 9.21. The van der Waals surface area contributed by atoms with Crippen LogP contribution in [-0.4, -0.2) is 8.42 Å². The van der Waals surface area contributed by atoms with E-state index in [0.717, 1.165) is 11.1 Å². The Morgan fingerprint density at radius 2 is 1.83 bits per heavy atom. The van der Waals surface area contributed by atoms with Gasteiger partial charge in [0.25, 0.3) is 10.2 Å². The fourth-order valence-corrected chi connectivity index (χ4v) is 3.00. The Balaban J connectivity index is 2.39. The van der Waals surface area contributed by atoms with Gasteiger partial charge in [0.1, 0.15) is 0 Å². The topological polar surface area (TPSA) is 72.2 Å². The van der Waals surface area contributed by atoms with Gasteiger partial charge in [0.15, 0.2) is 0 Å². The van der Waals surface area contributed by atoms with Crippen LogP contribution in [0.3, 0.4) is 0 Å². The van der Waals surface area contributed by atoms with Crippen LogP contribution >= 0.6 is 22.9 Å². The number of thiophene rings is 1. The first-order valence-corrected chi connectivity index (χ1v) is 7.90. The van der Waals surface area contributed by atoms with Crippen molar-refractivity contribution in [1.82, 2.24) is 4.72 Å². The van der Waals surface area contributed by atoms with Gasteiger partial charge in [-0.25, -0.2) is 5.14 Å². The van der Waals surface area contributed by atoms with Gasteiger partial charge < -0.3 is 0 Å². The predicted molar refractivity (Wildman–Crippen MR) is 73.9 cm³/mol. The molecule has 0 saturated heterocycles. The fourth-order valence-electron chi connectivity index (χ4n) is 1.59. The molecule has 0 amide bonds. The highest BCUT2D eigenvalue weighted by Crippen LogP contribution is 2.25. The van der Waals surface area contributed by atoms with E-state index in [0.29, 0.717) is 5.02 Å². The largest absolute Gasteiger partial charge is 0.275 e. The van der Waals surface area contributed by atoms with Crippen molar-refractivity contribution in [3.8, 4) is 0 Å². The Bertz CT molecular complexity index is 609. The van der Waals surface area contributed by atoms with Gasteiger partial charge in [-0.05, 0) is 40.1 Å². The summed E-state index contributed by atoms with van der Waals surface area (Å²) in [6.45, 7) is 0. The van der Waals surface area contributed by atoms with Crippen molar-refractivity contribution >= 4 is 33.1 Å². The monoisotopic (exact) mass is 302 g/mol. The van der Waals surface area contributed by atoms with Gasteiger partial charge in [0.2, 0.25) is 0 Å². The molecule has 2 aromatic rings. The van der Waals surface area contributed by atoms with Crippen LogP contribution in [0, 0.1) is 0 Å². The van der Waals surface area contributed by atoms with Gasteiger partial charge in [0.05, 0.1) is 6.04 Å². The van der Waals surface area contributed by atoms with Crippen molar-refractivity contribution in [2.75, 3.05) is 0 Å². The summed E-state index contributed by atoms with van der Waals surface area (Å²) in [6.07, 6.45) is 0. The normalized spacial score (nSPS) is 13.4. The van der Waals surface area contributed by atoms with Gasteiger partial charge >= 0.3 is 0 Å². The standard InChI is InChI=1S/C11H11ClN2O2S2/c12-10-3-1-8(2-4-10)11(14-18(13,15)16)9-5-6-17-7-9/h1-7,11,14H,(H2,13,15,16). The lowest BCUT2D eigenvalue weighted by molar-refractivity contribution is 0.574. The van der Waals surface area contributed by atoms with Crippen LogP contribution in [0.15, 0.2) is 41.1 Å². The summed E-state index contributed by atoms with van der Waals surface area (Å²) < 4.78 is 24.9. The minimum atomic E-state index is -3.79. The molecule has 1 aromatic heterocycles. The molecule has 0 aliphatic carbocycles. The molecule has 18 heavy (non-hydrogen) atoms. The summed E-state index contributed by atoms with van der Waals surface area (Å²) in [5.74, 6) is 0. The highest BCUT2D eigenvalue weighted by atomic mass is 35.5. The molecule has 96 valence electrons. The molecule has 0 aliphatic heterocycles. The molecule has 0 fully saturated rings. The van der Waals surface area contributed by atoms with Crippen molar-refractivity contribution in [3.63, 3.8) is 0 Å². The molecule has 0 spiro atoms. The molecule has 1 heterocycles. The summed E-state index contributed by atoms with van der Waals surface area (Å²) in [5.41, 5.74) is 1.63. The number of hydrogen-bond acceptors (Lipinski definition) is 3. The Kier molecular flexibility index (Phi) is 4.04. The van der Waals surface area contributed by atoms with E-state index in [2.05, 4.69) is 4.72 Å². The van der Waals surface area contributed by atoms with E-state index in [1.165, 1.54) is 11.3 Å². The number of benzene rings is 1. The van der Waals surface area contributed by atoms with Crippen LogP contribution in [0.25, 0.3) is 0 Å². The third-order valence-corrected chi connectivity index (χ3v) is 3.88. The molecule has 0 aliphatic rings. The van der Waals surface area contributed by atoms with Crippen molar-refractivity contribution < 1.29 is 8.42 Å². The first-order chi connectivity index (χ1) is 8.46. The van der Waals surface area contributed by atoms with Gasteiger partial charge in [-0.3, -0.25) is 0 Å². The Morgan fingerprint density at radius 1 is 1.17 bits per heavy atom. The van der Waals surface area contributed by atoms with Gasteiger partial charge in [-0.2, -0.15) is 24.5 Å². The SMILES string of the molecule is NS(=O)(=O)NC(c1ccc(Cl)cc1)c1ccsc1. The molecule has 7 heteroatoms. The first-order valence-electron chi connectivity index (χ1n) is 5.03. The van der Waals surface area contributed by atoms with Crippen LogP contribution in [-0.2, 0) is 10.2 Å². The maximum absolute atomic E-state index is 11.2. The third kappa shape index (κ3) is 3.54. The lowest BCUT2D eigenvalue weighted by Gasteiger charge is -2.16. The van der Waals surface area contributed by atoms with Crippen molar-refractivity contribution in [2.24, 2.45) is 5.14 Å². The third-order valence-electron chi connectivity index (χ3n) is 2.36. The smallest absolute Gasteiger partial charge is 0.216 e. The van der Waals surface area contributed by atoms with Gasteiger partial charge in [-0.15, -0.1) is 0 Å². The Morgan fingerprint density at radius 3 is 2.33 bits per heavy atom. The molecular weight excluding hydrogens is 292 g/mol. The lowest BCUT2D eigenvalue weighted by atomic mass is 10.0. The molecule has 0 bridgehead atoms. The molecule has 4 nitrogen and oxygen atoms in total. The summed E-state index contributed by atoms with van der Waals surface area (Å²) >= 11 is 7.30. The fraction of sp³-hybridized carbons (Fsp3) is 0.0909. The molecule has 3 N–H and O–H groups in total. The van der Waals surface area contributed by atoms with Crippen LogP contribution < -0.4 is 9.86 Å². The number of nitrogens with one attached hydrogen (secondary N) is 1. The number of hydrogen-bond donors (Lipinski definition) is 2. The van der Waals surface area contributed by atoms with E-state index in [-0.39, 0.29) is 0 Å². The van der Waals surface area contributed by atoms with Crippen molar-refractivity contribution in [1.29, 1.82) is 0 Å². The molecule has 1 unspecified atom stereocenters. The lowest BCUT2D eigenvalue weighted by Crippen LogP contribution is -2.34. The summed E-state index contributed by atoms with van der Waals surface area (Å²) in [6, 6.07) is 8.30. The molecule has 0 radical (unpaired) electrons. The van der Waals surface area contributed by atoms with Crippen LogP contribution in [0.4, 0.5) is 0 Å². The Labute approximate surface area is 115 Å². The molecule has 1 atom stereocenters. The average Bonchev–Trinajstić information content (AvgIpc) is 2.79. The van der Waals surface area contributed by atoms with Gasteiger partial charge in [-0.1, -0.05) is 23.7 Å². The van der Waals surface area contributed by atoms with Crippen LogP contribution in [0.5, 0.6) is 0 Å². The molecule has 1 aromatic carbocycles. The maximum Gasteiger partial charge on any atom is 0.275 e. The second-order valence-electron chi connectivity index (χ2n) is 3.70. The summed E-state index contributed by atoms with van der Waals surface area (Å²) in [5, 5.41) is 9.39. The first kappa shape index (κ1) is 13.5. The molecular formula is C11H11ClN2O2S2. The van der Waals surface area contributed by atoms with E-state index in [1.54, 1.807) is 24.3 Å². The van der Waals surface area contributed by atoms with Crippen molar-refractivity contribution in [2.45, 2.75) is 6.04 Å². The minimum Gasteiger partial charge on any atom is -0.216 e. The van der Waals surface area contributed by atoms with Crippen molar-refractivity contribution in [3.05, 3.63) is 57.2 Å². The zero-order valence-corrected chi connectivity index (χ0v) is 11.6. The number of nitrogens with two attached hydrogens (primary N) is 1. The highest BCUT2D eigenvalue weighted by molar-refractivity contribution is 7.87. The van der Waals surface area contributed by atoms with E-state index in [1.807, 2.05) is 16.8 Å². The predicted octanol–water partition coefficient (Wildman–Crippen LogP) is 2.28. The Hall–Kier alpha value is -0.920. The molecule has 2 rings (SSSR count). The van der Waals surface area contributed by atoms with E-state index < -0.39 is 16.3 Å². The minimum absolute atomic E-state index is 0.497. The van der Waals surface area contributed by atoms with Gasteiger partial charge in [0, 0.05) is 5.02 Å². The quantitative estimate of drug-likeness (QED) is 0.909. The van der Waals surface area contributed by atoms with E-state index in [4.69, 9.17) is 16.7 Å². The second-order valence-corrected chi connectivity index (χ2v) is 6.25. The zero-order chi connectivity index (χ0) is 13.2. The highest BCUT2D eigenvalue weighted by Gasteiger charge is 2.18. The van der Waals surface area contributed by atoms with Crippen LogP contribution in [0.1, 0.15) is 17.2 Å².